The van der Waals surface area contributed by atoms with Crippen LogP contribution in [0.25, 0.3) is 0 Å². The average molecular weight is 268 g/mol. The predicted molar refractivity (Wildman–Crippen MR) is 70.7 cm³/mol. The molecule has 2 fully saturated rings. The van der Waals surface area contributed by atoms with Crippen molar-refractivity contribution in [1.82, 2.24) is 0 Å². The van der Waals surface area contributed by atoms with E-state index in [4.69, 9.17) is 4.74 Å². The molecule has 19 heavy (non-hydrogen) atoms. The second-order valence-electron chi connectivity index (χ2n) is 6.22. The lowest BCUT2D eigenvalue weighted by atomic mass is 9.67. The van der Waals surface area contributed by atoms with E-state index in [-0.39, 0.29) is 12.1 Å². The summed E-state index contributed by atoms with van der Waals surface area (Å²) in [5.41, 5.74) is -0.832. The number of hydrogen-bond acceptors (Lipinski definition) is 3. The number of carboxylic acids is 1. The molecule has 2 saturated carbocycles. The second kappa shape index (κ2) is 5.93. The number of carbonyl (C=O) groups is 2. The maximum Gasteiger partial charge on any atom is 0.312 e. The normalized spacial score (nSPS) is 32.8. The van der Waals surface area contributed by atoms with E-state index in [0.717, 1.165) is 38.5 Å². The molecule has 0 heterocycles. The first-order valence-corrected chi connectivity index (χ1v) is 7.48. The summed E-state index contributed by atoms with van der Waals surface area (Å²) in [5, 5.41) is 9.32. The van der Waals surface area contributed by atoms with E-state index in [1.165, 1.54) is 6.42 Å². The molecule has 0 saturated heterocycles. The minimum absolute atomic E-state index is 0.00875. The zero-order chi connectivity index (χ0) is 13.9. The Morgan fingerprint density at radius 3 is 2.32 bits per heavy atom. The first-order valence-electron chi connectivity index (χ1n) is 7.48. The lowest BCUT2D eigenvalue weighted by Crippen LogP contribution is -2.44. The third-order valence-corrected chi connectivity index (χ3v) is 4.80. The van der Waals surface area contributed by atoms with Crippen molar-refractivity contribution in [3.8, 4) is 0 Å². The maximum atomic E-state index is 12.4. The van der Waals surface area contributed by atoms with Crippen LogP contribution in [-0.4, -0.2) is 23.1 Å². The Morgan fingerprint density at radius 1 is 1.05 bits per heavy atom. The Balaban J connectivity index is 2.03. The highest BCUT2D eigenvalue weighted by Crippen LogP contribution is 2.42. The molecule has 0 bridgehead atoms. The molecule has 2 rings (SSSR count). The summed E-state index contributed by atoms with van der Waals surface area (Å²) in [7, 11) is 0. The fourth-order valence-corrected chi connectivity index (χ4v) is 3.44. The van der Waals surface area contributed by atoms with Crippen molar-refractivity contribution < 1.29 is 19.4 Å². The van der Waals surface area contributed by atoms with Gasteiger partial charge >= 0.3 is 11.9 Å². The van der Waals surface area contributed by atoms with Crippen molar-refractivity contribution in [3.63, 3.8) is 0 Å². The van der Waals surface area contributed by atoms with E-state index in [1.807, 2.05) is 0 Å². The quantitative estimate of drug-likeness (QED) is 0.799. The molecule has 0 aliphatic heterocycles. The number of carbonyl (C=O) groups excluding carboxylic acids is 1. The Hall–Kier alpha value is -1.06. The van der Waals surface area contributed by atoms with Crippen molar-refractivity contribution in [2.75, 3.05) is 0 Å². The van der Waals surface area contributed by atoms with Gasteiger partial charge in [0.05, 0.1) is 11.3 Å². The van der Waals surface area contributed by atoms with Gasteiger partial charge in [-0.2, -0.15) is 0 Å². The fraction of sp³-hybridized carbons (Fsp3) is 0.867. The van der Waals surface area contributed by atoms with Crippen LogP contribution in [0, 0.1) is 11.3 Å². The highest BCUT2D eigenvalue weighted by atomic mass is 16.5. The molecule has 1 N–H and O–H groups in total. The van der Waals surface area contributed by atoms with Crippen LogP contribution >= 0.6 is 0 Å². The SMILES string of the molecule is CC1(C(=O)OC2CCCCC2)CCCCC1C(=O)O. The zero-order valence-electron chi connectivity index (χ0n) is 11.7. The van der Waals surface area contributed by atoms with Crippen LogP contribution in [0.2, 0.25) is 0 Å². The van der Waals surface area contributed by atoms with Gasteiger partial charge in [-0.1, -0.05) is 19.3 Å². The van der Waals surface area contributed by atoms with Crippen molar-refractivity contribution in [3.05, 3.63) is 0 Å². The van der Waals surface area contributed by atoms with Gasteiger partial charge in [0.2, 0.25) is 0 Å². The Morgan fingerprint density at radius 2 is 1.68 bits per heavy atom. The minimum Gasteiger partial charge on any atom is -0.481 e. The average Bonchev–Trinajstić information content (AvgIpc) is 2.40. The van der Waals surface area contributed by atoms with Gasteiger partial charge < -0.3 is 9.84 Å². The van der Waals surface area contributed by atoms with Crippen molar-refractivity contribution in [2.45, 2.75) is 70.8 Å². The van der Waals surface area contributed by atoms with Crippen LogP contribution < -0.4 is 0 Å². The summed E-state index contributed by atoms with van der Waals surface area (Å²) in [4.78, 5) is 23.8. The standard InChI is InChI=1S/C15H24O4/c1-15(10-6-5-9-12(15)13(16)17)14(18)19-11-7-3-2-4-8-11/h11-12H,2-10H2,1H3,(H,16,17). The van der Waals surface area contributed by atoms with Gasteiger partial charge in [0.15, 0.2) is 0 Å². The Bertz CT molecular complexity index is 346. The summed E-state index contributed by atoms with van der Waals surface area (Å²) < 4.78 is 5.61. The molecule has 0 spiro atoms. The molecule has 108 valence electrons. The molecule has 4 heteroatoms. The molecule has 0 aromatic carbocycles. The van der Waals surface area contributed by atoms with Gasteiger partial charge in [0.25, 0.3) is 0 Å². The van der Waals surface area contributed by atoms with Crippen LogP contribution in [0.4, 0.5) is 0 Å². The largest absolute Gasteiger partial charge is 0.481 e. The first kappa shape index (κ1) is 14.4. The lowest BCUT2D eigenvalue weighted by Gasteiger charge is -2.38. The summed E-state index contributed by atoms with van der Waals surface area (Å²) in [6.07, 6.45) is 8.33. The topological polar surface area (TPSA) is 63.6 Å². The van der Waals surface area contributed by atoms with Gasteiger partial charge in [0, 0.05) is 0 Å². The molecule has 0 radical (unpaired) electrons. The molecule has 2 aliphatic rings. The van der Waals surface area contributed by atoms with Crippen molar-refractivity contribution in [1.29, 1.82) is 0 Å². The zero-order valence-corrected chi connectivity index (χ0v) is 11.7. The highest BCUT2D eigenvalue weighted by Gasteiger charge is 2.48. The number of esters is 1. The summed E-state index contributed by atoms with van der Waals surface area (Å²) in [5.74, 6) is -1.73. The van der Waals surface area contributed by atoms with E-state index in [0.29, 0.717) is 12.8 Å². The summed E-state index contributed by atoms with van der Waals surface area (Å²) >= 11 is 0. The highest BCUT2D eigenvalue weighted by molar-refractivity contribution is 5.84. The first-order chi connectivity index (χ1) is 9.04. The molecular formula is C15H24O4. The molecule has 0 aromatic rings. The maximum absolute atomic E-state index is 12.4. The Labute approximate surface area is 114 Å². The van der Waals surface area contributed by atoms with E-state index < -0.39 is 17.3 Å². The number of carboxylic acid groups (broad SMARTS) is 1. The smallest absolute Gasteiger partial charge is 0.312 e. The van der Waals surface area contributed by atoms with E-state index >= 15 is 0 Å². The van der Waals surface area contributed by atoms with Gasteiger partial charge in [0.1, 0.15) is 6.10 Å². The minimum atomic E-state index is -0.859. The van der Waals surface area contributed by atoms with Crippen molar-refractivity contribution >= 4 is 11.9 Å². The van der Waals surface area contributed by atoms with Gasteiger partial charge in [-0.05, 0) is 45.4 Å². The fourth-order valence-electron chi connectivity index (χ4n) is 3.44. The molecular weight excluding hydrogens is 244 g/mol. The predicted octanol–water partition coefficient (Wildman–Crippen LogP) is 3.14. The van der Waals surface area contributed by atoms with Gasteiger partial charge in [-0.15, -0.1) is 0 Å². The van der Waals surface area contributed by atoms with Gasteiger partial charge in [-0.25, -0.2) is 0 Å². The van der Waals surface area contributed by atoms with E-state index in [1.54, 1.807) is 6.92 Å². The molecule has 2 unspecified atom stereocenters. The Kier molecular flexibility index (Phi) is 4.48. The number of aliphatic carboxylic acids is 1. The molecule has 4 nitrogen and oxygen atoms in total. The van der Waals surface area contributed by atoms with Crippen LogP contribution in [0.5, 0.6) is 0 Å². The summed E-state index contributed by atoms with van der Waals surface area (Å²) in [6, 6.07) is 0. The van der Waals surface area contributed by atoms with Crippen molar-refractivity contribution in [2.24, 2.45) is 11.3 Å². The van der Waals surface area contributed by atoms with Crippen LogP contribution in [0.15, 0.2) is 0 Å². The molecule has 0 amide bonds. The van der Waals surface area contributed by atoms with Crippen LogP contribution in [0.1, 0.15) is 64.7 Å². The summed E-state index contributed by atoms with van der Waals surface area (Å²) in [6.45, 7) is 1.77. The number of hydrogen-bond donors (Lipinski definition) is 1. The molecule has 2 aliphatic carbocycles. The molecule has 0 aromatic heterocycles. The third-order valence-electron chi connectivity index (χ3n) is 4.80. The molecule has 2 atom stereocenters. The third kappa shape index (κ3) is 3.10. The van der Waals surface area contributed by atoms with E-state index in [9.17, 15) is 14.7 Å². The van der Waals surface area contributed by atoms with Crippen LogP contribution in [-0.2, 0) is 14.3 Å². The van der Waals surface area contributed by atoms with Crippen LogP contribution in [0.3, 0.4) is 0 Å². The van der Waals surface area contributed by atoms with Gasteiger partial charge in [-0.3, -0.25) is 9.59 Å². The second-order valence-corrected chi connectivity index (χ2v) is 6.22. The monoisotopic (exact) mass is 268 g/mol. The number of rotatable bonds is 3. The lowest BCUT2D eigenvalue weighted by molar-refractivity contribution is -0.174. The number of ether oxygens (including phenoxy) is 1. The van der Waals surface area contributed by atoms with E-state index in [2.05, 4.69) is 0 Å².